The number of halogens is 1. The second kappa shape index (κ2) is 5.54. The molecule has 1 saturated carbocycles. The highest BCUT2D eigenvalue weighted by Crippen LogP contribution is 2.29. The van der Waals surface area contributed by atoms with Gasteiger partial charge in [0.1, 0.15) is 5.84 Å². The van der Waals surface area contributed by atoms with Gasteiger partial charge in [0, 0.05) is 5.92 Å². The number of hydrogen-bond donors (Lipinski definition) is 1. The molecule has 0 spiro atoms. The fourth-order valence-corrected chi connectivity index (χ4v) is 2.50. The minimum absolute atomic E-state index is 0.445. The Hall–Kier alpha value is -1.02. The van der Waals surface area contributed by atoms with E-state index < -0.39 is 0 Å². The van der Waals surface area contributed by atoms with Crippen molar-refractivity contribution < 1.29 is 0 Å². The lowest BCUT2D eigenvalue weighted by atomic mass is 9.88. The van der Waals surface area contributed by atoms with Crippen molar-refractivity contribution in [3.8, 4) is 0 Å². The minimum atomic E-state index is 0.445. The van der Waals surface area contributed by atoms with Crippen molar-refractivity contribution in [1.82, 2.24) is 0 Å². The van der Waals surface area contributed by atoms with Gasteiger partial charge < -0.3 is 5.73 Å². The molecule has 0 unspecified atom stereocenters. The third-order valence-electron chi connectivity index (χ3n) is 3.37. The molecule has 0 bridgehead atoms. The number of aryl methyl sites for hydroxylation is 1. The van der Waals surface area contributed by atoms with Gasteiger partial charge in [-0.15, -0.1) is 0 Å². The average Bonchev–Trinajstić information content (AvgIpc) is 2.35. The van der Waals surface area contributed by atoms with Crippen molar-refractivity contribution in [2.45, 2.75) is 39.0 Å². The number of nitrogens with zero attached hydrogens (tertiary/aromatic N) is 1. The maximum atomic E-state index is 6.12. The van der Waals surface area contributed by atoms with E-state index in [1.54, 1.807) is 0 Å². The third-order valence-corrected chi connectivity index (χ3v) is 3.69. The van der Waals surface area contributed by atoms with E-state index in [1.807, 2.05) is 25.1 Å². The van der Waals surface area contributed by atoms with Gasteiger partial charge in [-0.25, -0.2) is 4.99 Å². The van der Waals surface area contributed by atoms with Gasteiger partial charge >= 0.3 is 0 Å². The normalized spacial score (nSPS) is 18.4. The van der Waals surface area contributed by atoms with Crippen LogP contribution < -0.4 is 5.73 Å². The van der Waals surface area contributed by atoms with Crippen molar-refractivity contribution in [3.63, 3.8) is 0 Å². The molecule has 1 aliphatic rings. The molecule has 0 heterocycles. The van der Waals surface area contributed by atoms with E-state index in [0.29, 0.717) is 10.9 Å². The van der Waals surface area contributed by atoms with Crippen molar-refractivity contribution in [3.05, 3.63) is 28.8 Å². The first-order valence-electron chi connectivity index (χ1n) is 6.27. The van der Waals surface area contributed by atoms with Crippen molar-refractivity contribution in [2.24, 2.45) is 16.6 Å². The van der Waals surface area contributed by atoms with Crippen LogP contribution in [0.5, 0.6) is 0 Å². The highest BCUT2D eigenvalue weighted by atomic mass is 35.5. The van der Waals surface area contributed by atoms with Gasteiger partial charge in [-0.3, -0.25) is 0 Å². The van der Waals surface area contributed by atoms with Crippen LogP contribution in [0.3, 0.4) is 0 Å². The highest BCUT2D eigenvalue weighted by Gasteiger charge is 2.17. The molecular formula is C14H19ClN2. The summed E-state index contributed by atoms with van der Waals surface area (Å²) in [5, 5.41) is 0.675. The van der Waals surface area contributed by atoms with Crippen LogP contribution in [0, 0.1) is 12.8 Å². The fraction of sp³-hybridized carbons (Fsp3) is 0.500. The molecular weight excluding hydrogens is 232 g/mol. The Balaban J connectivity index is 2.19. The van der Waals surface area contributed by atoms with Crippen LogP contribution >= 0.6 is 11.6 Å². The number of nitrogens with two attached hydrogens (primary N) is 1. The molecule has 2 rings (SSSR count). The van der Waals surface area contributed by atoms with Crippen LogP contribution in [-0.2, 0) is 0 Å². The predicted molar refractivity (Wildman–Crippen MR) is 74.0 cm³/mol. The van der Waals surface area contributed by atoms with Gasteiger partial charge in [-0.2, -0.15) is 0 Å². The Bertz CT molecular complexity index is 420. The Kier molecular flexibility index (Phi) is 4.06. The minimum Gasteiger partial charge on any atom is -0.387 e. The summed E-state index contributed by atoms with van der Waals surface area (Å²) < 4.78 is 0. The fourth-order valence-electron chi connectivity index (χ4n) is 2.34. The molecule has 17 heavy (non-hydrogen) atoms. The van der Waals surface area contributed by atoms with E-state index in [0.717, 1.165) is 17.1 Å². The van der Waals surface area contributed by atoms with E-state index in [4.69, 9.17) is 17.3 Å². The van der Waals surface area contributed by atoms with Crippen molar-refractivity contribution in [2.75, 3.05) is 0 Å². The Morgan fingerprint density at radius 1 is 1.29 bits per heavy atom. The molecule has 0 atom stereocenters. The molecule has 1 aliphatic carbocycles. The lowest BCUT2D eigenvalue weighted by molar-refractivity contribution is 0.437. The topological polar surface area (TPSA) is 38.4 Å². The van der Waals surface area contributed by atoms with E-state index in [2.05, 4.69) is 4.99 Å². The van der Waals surface area contributed by atoms with Crippen LogP contribution in [0.4, 0.5) is 5.69 Å². The van der Waals surface area contributed by atoms with Gasteiger partial charge in [0.25, 0.3) is 0 Å². The predicted octanol–water partition coefficient (Wildman–Crippen LogP) is 4.22. The van der Waals surface area contributed by atoms with Gasteiger partial charge in [-0.05, 0) is 37.5 Å². The Labute approximate surface area is 108 Å². The lowest BCUT2D eigenvalue weighted by Crippen LogP contribution is -2.25. The molecule has 1 fully saturated rings. The number of benzene rings is 1. The summed E-state index contributed by atoms with van der Waals surface area (Å²) in [6.07, 6.45) is 6.19. The summed E-state index contributed by atoms with van der Waals surface area (Å²) in [7, 11) is 0. The van der Waals surface area contributed by atoms with E-state index in [1.165, 1.54) is 32.1 Å². The van der Waals surface area contributed by atoms with Crippen LogP contribution in [0.1, 0.15) is 37.7 Å². The molecule has 0 amide bonds. The van der Waals surface area contributed by atoms with Gasteiger partial charge in [-0.1, -0.05) is 36.9 Å². The zero-order valence-electron chi connectivity index (χ0n) is 10.2. The number of rotatable bonds is 2. The van der Waals surface area contributed by atoms with Crippen molar-refractivity contribution >= 4 is 23.1 Å². The maximum Gasteiger partial charge on any atom is 0.103 e. The van der Waals surface area contributed by atoms with Gasteiger partial charge in [0.05, 0.1) is 10.7 Å². The first-order valence-corrected chi connectivity index (χ1v) is 6.65. The number of amidine groups is 1. The lowest BCUT2D eigenvalue weighted by Gasteiger charge is -2.20. The van der Waals surface area contributed by atoms with Crippen LogP contribution in [0.2, 0.25) is 5.02 Å². The molecule has 92 valence electrons. The molecule has 1 aromatic rings. The monoisotopic (exact) mass is 250 g/mol. The molecule has 0 aromatic heterocycles. The van der Waals surface area contributed by atoms with Crippen LogP contribution in [0.25, 0.3) is 0 Å². The standard InChI is InChI=1S/C14H19ClN2/c1-10-7-8-12(15)13(9-10)17-14(16)11-5-3-2-4-6-11/h7-9,11H,2-6H2,1H3,(H2,16,17). The number of hydrogen-bond acceptors (Lipinski definition) is 1. The molecule has 2 nitrogen and oxygen atoms in total. The maximum absolute atomic E-state index is 6.12. The van der Waals surface area contributed by atoms with Crippen molar-refractivity contribution in [1.29, 1.82) is 0 Å². The summed E-state index contributed by atoms with van der Waals surface area (Å²) >= 11 is 6.12. The molecule has 0 aliphatic heterocycles. The summed E-state index contributed by atoms with van der Waals surface area (Å²) in [6.45, 7) is 2.03. The SMILES string of the molecule is Cc1ccc(Cl)c(N=C(N)C2CCCCC2)c1. The largest absolute Gasteiger partial charge is 0.387 e. The number of aliphatic imine (C=N–C) groups is 1. The second-order valence-corrected chi connectivity index (χ2v) is 5.23. The second-order valence-electron chi connectivity index (χ2n) is 4.83. The average molecular weight is 251 g/mol. The quantitative estimate of drug-likeness (QED) is 0.620. The molecule has 0 radical (unpaired) electrons. The third kappa shape index (κ3) is 3.22. The van der Waals surface area contributed by atoms with Crippen LogP contribution in [0.15, 0.2) is 23.2 Å². The molecule has 1 aromatic carbocycles. The molecule has 3 heteroatoms. The Morgan fingerprint density at radius 2 is 2.00 bits per heavy atom. The summed E-state index contributed by atoms with van der Waals surface area (Å²) in [6, 6.07) is 5.85. The van der Waals surface area contributed by atoms with E-state index in [9.17, 15) is 0 Å². The Morgan fingerprint density at radius 3 is 2.71 bits per heavy atom. The molecule has 0 saturated heterocycles. The highest BCUT2D eigenvalue weighted by molar-refractivity contribution is 6.33. The summed E-state index contributed by atoms with van der Waals surface area (Å²) in [5.74, 6) is 1.19. The van der Waals surface area contributed by atoms with Gasteiger partial charge in [0.2, 0.25) is 0 Å². The van der Waals surface area contributed by atoms with E-state index in [-0.39, 0.29) is 0 Å². The smallest absolute Gasteiger partial charge is 0.103 e. The first kappa shape index (κ1) is 12.4. The van der Waals surface area contributed by atoms with Gasteiger partial charge in [0.15, 0.2) is 0 Å². The first-order chi connectivity index (χ1) is 8.16. The zero-order chi connectivity index (χ0) is 12.3. The zero-order valence-corrected chi connectivity index (χ0v) is 11.0. The molecule has 2 N–H and O–H groups in total. The summed E-state index contributed by atoms with van der Waals surface area (Å²) in [4.78, 5) is 4.51. The summed E-state index contributed by atoms with van der Waals surface area (Å²) in [5.41, 5.74) is 8.05. The van der Waals surface area contributed by atoms with Crippen LogP contribution in [-0.4, -0.2) is 5.84 Å². The van der Waals surface area contributed by atoms with E-state index >= 15 is 0 Å².